The van der Waals surface area contributed by atoms with Crippen LogP contribution in [0.4, 0.5) is 27.7 Å². The van der Waals surface area contributed by atoms with E-state index >= 15 is 0 Å². The first kappa shape index (κ1) is 47.5. The van der Waals surface area contributed by atoms with Gasteiger partial charge in [0.2, 0.25) is 17.8 Å². The predicted octanol–water partition coefficient (Wildman–Crippen LogP) is 6.03. The number of likely N-dealkylation sites (tertiary alicyclic amines) is 1. The molecule has 17 nitrogen and oxygen atoms in total. The molecule has 9 rings (SSSR count). The highest BCUT2D eigenvalue weighted by molar-refractivity contribution is 6.25. The highest BCUT2D eigenvalue weighted by atomic mass is 19.1. The maximum atomic E-state index is 14.6. The van der Waals surface area contributed by atoms with Crippen LogP contribution in [0.1, 0.15) is 123 Å². The molecule has 3 unspecified atom stereocenters. The molecule has 3 N–H and O–H groups in total. The molecule has 0 aliphatic carbocycles. The summed E-state index contributed by atoms with van der Waals surface area (Å²) in [6.45, 7) is 13.3. The third kappa shape index (κ3) is 10.1. The highest BCUT2D eigenvalue weighted by Crippen LogP contribution is 2.37. The van der Waals surface area contributed by atoms with Gasteiger partial charge in [0.25, 0.3) is 17.7 Å². The summed E-state index contributed by atoms with van der Waals surface area (Å²) < 4.78 is 22.0. The minimum atomic E-state index is -1.12. The molecular weight excluding hydrogens is 858 g/mol. The Labute approximate surface area is 391 Å². The summed E-state index contributed by atoms with van der Waals surface area (Å²) in [4.78, 5) is 86.3. The Kier molecular flexibility index (Phi) is 14.8. The number of halogens is 1. The number of carbonyl (C=O) groups is 5. The number of piperidine rings is 4. The molecule has 5 amide bonds. The van der Waals surface area contributed by atoms with Crippen molar-refractivity contribution in [2.45, 2.75) is 116 Å². The number of fused-ring (bicyclic) bond motifs is 2. The second kappa shape index (κ2) is 20.9. The summed E-state index contributed by atoms with van der Waals surface area (Å²) in [5.74, 6) is 0.0594. The molecule has 1 aromatic carbocycles. The van der Waals surface area contributed by atoms with E-state index < -0.39 is 41.9 Å². The fourth-order valence-corrected chi connectivity index (χ4v) is 10.2. The van der Waals surface area contributed by atoms with Gasteiger partial charge in [0, 0.05) is 88.4 Å². The fourth-order valence-electron chi connectivity index (χ4n) is 10.2. The van der Waals surface area contributed by atoms with Crippen LogP contribution < -0.4 is 25.8 Å². The quantitative estimate of drug-likeness (QED) is 0.132. The van der Waals surface area contributed by atoms with Crippen molar-refractivity contribution in [3.63, 3.8) is 0 Å². The summed E-state index contributed by atoms with van der Waals surface area (Å²) in [5, 5.41) is 9.63. The third-order valence-corrected chi connectivity index (χ3v) is 13.9. The second-order valence-corrected chi connectivity index (χ2v) is 18.3. The average Bonchev–Trinajstić information content (AvgIpc) is 3.84. The molecule has 18 heteroatoms. The van der Waals surface area contributed by atoms with Gasteiger partial charge in [0.05, 0.1) is 40.5 Å². The number of ether oxygens (including phenoxy) is 1. The zero-order valence-corrected chi connectivity index (χ0v) is 39.3. The van der Waals surface area contributed by atoms with E-state index in [9.17, 15) is 28.4 Å². The molecule has 4 aromatic rings. The number of amides is 5. The number of carbonyl (C=O) groups excluding carboxylic acids is 5. The zero-order chi connectivity index (χ0) is 47.4. The topological polar surface area (TPSA) is 187 Å². The van der Waals surface area contributed by atoms with Gasteiger partial charge in [0.1, 0.15) is 23.8 Å². The van der Waals surface area contributed by atoms with Crippen molar-refractivity contribution < 1.29 is 33.1 Å². The number of aromatic nitrogens is 4. The van der Waals surface area contributed by atoms with Gasteiger partial charge >= 0.3 is 0 Å². The summed E-state index contributed by atoms with van der Waals surface area (Å²) in [6.07, 6.45) is 10.4. The van der Waals surface area contributed by atoms with E-state index in [-0.39, 0.29) is 37.4 Å². The number of methoxy groups -OCH3 is 1. The molecule has 4 fully saturated rings. The summed E-state index contributed by atoms with van der Waals surface area (Å²) in [7, 11) is 1.53. The lowest BCUT2D eigenvalue weighted by Crippen LogP contribution is -2.54. The van der Waals surface area contributed by atoms with Gasteiger partial charge in [-0.05, 0) is 95.9 Å². The number of nitrogens with one attached hydrogen (secondary N) is 3. The van der Waals surface area contributed by atoms with Crippen LogP contribution in [0.25, 0.3) is 10.9 Å². The molecular formula is C49H64FN11O6. The van der Waals surface area contributed by atoms with Crippen LogP contribution in [0.3, 0.4) is 0 Å². The number of nitrogens with zero attached hydrogens (tertiary/aromatic N) is 8. The van der Waals surface area contributed by atoms with E-state index in [0.717, 1.165) is 92.7 Å². The van der Waals surface area contributed by atoms with Gasteiger partial charge in [-0.3, -0.25) is 34.2 Å². The second-order valence-electron chi connectivity index (χ2n) is 18.3. The van der Waals surface area contributed by atoms with Crippen molar-refractivity contribution in [1.29, 1.82) is 0 Å². The molecule has 4 saturated heterocycles. The molecule has 0 spiro atoms. The van der Waals surface area contributed by atoms with E-state index in [4.69, 9.17) is 4.74 Å². The summed E-state index contributed by atoms with van der Waals surface area (Å²) >= 11 is 0. The fraction of sp³-hybridized carbons (Fsp3) is 0.551. The first-order valence-electron chi connectivity index (χ1n) is 24.1. The Hall–Kier alpha value is -6.01. The number of hydrogen-bond donors (Lipinski definition) is 3. The molecule has 3 aromatic heterocycles. The molecule has 0 bridgehead atoms. The van der Waals surface area contributed by atoms with Crippen LogP contribution in [0.15, 0.2) is 48.9 Å². The minimum absolute atomic E-state index is 0.0760. The monoisotopic (exact) mass is 922 g/mol. The Morgan fingerprint density at radius 1 is 0.925 bits per heavy atom. The average molecular weight is 922 g/mol. The number of imide groups is 2. The Morgan fingerprint density at radius 3 is 2.40 bits per heavy atom. The van der Waals surface area contributed by atoms with Crippen molar-refractivity contribution in [3.8, 4) is 0 Å². The number of alkyl halides is 1. The number of hydrogen-bond acceptors (Lipinski definition) is 13. The van der Waals surface area contributed by atoms with Gasteiger partial charge in [-0.25, -0.2) is 14.4 Å². The molecule has 0 radical (unpaired) electrons. The van der Waals surface area contributed by atoms with Crippen LogP contribution in [0.2, 0.25) is 0 Å². The highest BCUT2D eigenvalue weighted by Gasteiger charge is 2.46. The normalized spacial score (nSPS) is 22.0. The van der Waals surface area contributed by atoms with Crippen molar-refractivity contribution in [2.24, 2.45) is 5.92 Å². The van der Waals surface area contributed by atoms with E-state index in [1.807, 2.05) is 37.1 Å². The first-order valence-corrected chi connectivity index (χ1v) is 24.1. The smallest absolute Gasteiger partial charge is 0.264 e. The molecule has 358 valence electrons. The van der Waals surface area contributed by atoms with Crippen molar-refractivity contribution >= 4 is 63.7 Å². The van der Waals surface area contributed by atoms with E-state index in [0.29, 0.717) is 53.2 Å². The van der Waals surface area contributed by atoms with Crippen molar-refractivity contribution in [2.75, 3.05) is 68.0 Å². The molecule has 67 heavy (non-hydrogen) atoms. The standard InChI is InChI=1S/C47H58FN11O6.C2H6/c1-28(2)58-26-33(32-25-50-40(24-37(32)58)52-39-11-17-49-47(53-39)57-23-16-38(65-3)34(48)27-57)43(61)51-30-14-19-55(20-15-30)18-5-6-29-12-21-56(22-13-29)35-8-4-7-31-42(35)46(64)59(45(31)63)36-9-10-41(60)54-44(36)62;1-2/h4,7-8,11,17,24-26,28-30,34,36,38H,5-6,9-10,12-16,18-23,27H2,1-3H3,(H,51,61)(H,54,60,62)(H,49,50,52,53);1-2H3. The molecule has 8 heterocycles. The minimum Gasteiger partial charge on any atom is -0.378 e. The molecule has 0 saturated carbocycles. The van der Waals surface area contributed by atoms with Gasteiger partial charge in [-0.15, -0.1) is 0 Å². The van der Waals surface area contributed by atoms with Gasteiger partial charge < -0.3 is 34.6 Å². The van der Waals surface area contributed by atoms with Crippen LogP contribution in [-0.2, 0) is 14.3 Å². The lowest BCUT2D eigenvalue weighted by Gasteiger charge is -2.35. The van der Waals surface area contributed by atoms with Crippen molar-refractivity contribution in [1.82, 2.24) is 40.0 Å². The lowest BCUT2D eigenvalue weighted by molar-refractivity contribution is -0.136. The first-order chi connectivity index (χ1) is 32.4. The maximum absolute atomic E-state index is 14.6. The van der Waals surface area contributed by atoms with Crippen LogP contribution >= 0.6 is 0 Å². The van der Waals surface area contributed by atoms with Crippen LogP contribution in [-0.4, -0.2) is 136 Å². The SMILES string of the molecule is CC.COC1CCN(c2nccc(Nc3cc4c(cn3)c(C(=O)NC3CCN(CCCC5CCN(c6cccc7c6C(=O)N(C6CCC(=O)NC6=O)C7=O)CC5)CC3)cn4C(C)C)n2)CC1F. The Balaban J connectivity index is 0.00000300. The predicted molar refractivity (Wildman–Crippen MR) is 254 cm³/mol. The Bertz CT molecular complexity index is 2460. The molecule has 5 aliphatic rings. The van der Waals surface area contributed by atoms with Crippen LogP contribution in [0, 0.1) is 5.92 Å². The zero-order valence-electron chi connectivity index (χ0n) is 39.3. The number of anilines is 4. The maximum Gasteiger partial charge on any atom is 0.264 e. The summed E-state index contributed by atoms with van der Waals surface area (Å²) in [5.41, 5.74) is 2.88. The van der Waals surface area contributed by atoms with Gasteiger partial charge in [-0.1, -0.05) is 19.9 Å². The number of rotatable bonds is 13. The number of benzene rings is 1. The molecule has 5 aliphatic heterocycles. The van der Waals surface area contributed by atoms with E-state index in [1.54, 1.807) is 30.6 Å². The third-order valence-electron chi connectivity index (χ3n) is 13.9. The largest absolute Gasteiger partial charge is 0.378 e. The summed E-state index contributed by atoms with van der Waals surface area (Å²) in [6, 6.07) is 8.19. The van der Waals surface area contributed by atoms with Crippen LogP contribution in [0.5, 0.6) is 0 Å². The molecule has 3 atom stereocenters. The van der Waals surface area contributed by atoms with E-state index in [1.165, 1.54) is 7.11 Å². The van der Waals surface area contributed by atoms with Gasteiger partial charge in [-0.2, -0.15) is 4.98 Å². The van der Waals surface area contributed by atoms with Gasteiger partial charge in [0.15, 0.2) is 0 Å². The van der Waals surface area contributed by atoms with Crippen molar-refractivity contribution in [3.05, 3.63) is 65.6 Å². The van der Waals surface area contributed by atoms with E-state index in [2.05, 4.69) is 59.1 Å². The Morgan fingerprint density at radius 2 is 1.69 bits per heavy atom. The number of pyridine rings is 1. The lowest BCUT2D eigenvalue weighted by atomic mass is 9.91.